The van der Waals surface area contributed by atoms with Crippen molar-refractivity contribution >= 4 is 29.6 Å². The molecule has 4 atom stereocenters. The average Bonchev–Trinajstić information content (AvgIpc) is 2.89. The molecule has 1 fully saturated rings. The largest absolute Gasteiger partial charge is 0.478 e. The molecule has 0 spiro atoms. The minimum absolute atomic E-state index is 0.0478. The van der Waals surface area contributed by atoms with Crippen molar-refractivity contribution in [3.63, 3.8) is 0 Å². The second kappa shape index (κ2) is 13.5. The topological polar surface area (TPSA) is 161 Å². The SMILES string of the molecule is [2H]C([2H])([2H])C([2H])([2H])CC(=O)O[C@@H]1[C@@H](OC(=O)CC([2H])([2H])C([2H])([2H])[2H])[C@H](Oc2ccc(N)cc2C(=O)O)OC[C@H]1OC(=O)CC([2H])([2H])C([2H])([2H])[2H]. The molecule has 1 aromatic rings. The number of esters is 3. The lowest BCUT2D eigenvalue weighted by atomic mass is 10.0. The number of anilines is 1. The van der Waals surface area contributed by atoms with Gasteiger partial charge >= 0.3 is 23.9 Å². The van der Waals surface area contributed by atoms with Crippen molar-refractivity contribution in [2.45, 2.75) is 83.5 Å². The summed E-state index contributed by atoms with van der Waals surface area (Å²) < 4.78 is 139. The highest BCUT2D eigenvalue weighted by atomic mass is 16.7. The van der Waals surface area contributed by atoms with Gasteiger partial charge in [-0.05, 0) is 37.3 Å². The van der Waals surface area contributed by atoms with Gasteiger partial charge in [0.25, 0.3) is 0 Å². The van der Waals surface area contributed by atoms with Crippen LogP contribution in [0.4, 0.5) is 5.69 Å². The Hall–Kier alpha value is -3.34. The van der Waals surface area contributed by atoms with E-state index in [0.29, 0.717) is 0 Å². The van der Waals surface area contributed by atoms with Crippen LogP contribution in [0, 0.1) is 0 Å². The molecule has 0 aromatic heterocycles. The van der Waals surface area contributed by atoms with Gasteiger partial charge in [0.05, 0.1) is 6.61 Å². The molecule has 11 heteroatoms. The van der Waals surface area contributed by atoms with E-state index >= 15 is 0 Å². The van der Waals surface area contributed by atoms with E-state index in [2.05, 4.69) is 0 Å². The van der Waals surface area contributed by atoms with E-state index in [1.54, 1.807) is 0 Å². The van der Waals surface area contributed by atoms with Gasteiger partial charge in [-0.2, -0.15) is 0 Å². The maximum atomic E-state index is 13.0. The summed E-state index contributed by atoms with van der Waals surface area (Å²) in [5.41, 5.74) is 5.01. The molecule has 0 bridgehead atoms. The Bertz CT molecular complexity index is 1430. The molecule has 3 N–H and O–H groups in total. The smallest absolute Gasteiger partial charge is 0.339 e. The van der Waals surface area contributed by atoms with Gasteiger partial charge in [-0.1, -0.05) is 20.6 Å². The van der Waals surface area contributed by atoms with Crippen LogP contribution in [0.25, 0.3) is 0 Å². The molecule has 1 aliphatic heterocycles. The lowest BCUT2D eigenvalue weighted by Crippen LogP contribution is -2.59. The summed E-state index contributed by atoms with van der Waals surface area (Å²) in [7, 11) is 0. The quantitative estimate of drug-likeness (QED) is 0.242. The van der Waals surface area contributed by atoms with Crippen molar-refractivity contribution in [2.75, 3.05) is 12.3 Å². The molecule has 35 heavy (non-hydrogen) atoms. The van der Waals surface area contributed by atoms with E-state index in [9.17, 15) is 24.3 Å². The second-order valence-electron chi connectivity index (χ2n) is 6.88. The Morgan fingerprint density at radius 3 is 2.14 bits per heavy atom. The first-order chi connectivity index (χ1) is 22.4. The van der Waals surface area contributed by atoms with Crippen molar-refractivity contribution in [3.8, 4) is 5.75 Å². The zero-order chi connectivity index (χ0) is 38.8. The molecule has 1 aromatic carbocycles. The van der Waals surface area contributed by atoms with Crippen molar-refractivity contribution in [1.29, 1.82) is 0 Å². The van der Waals surface area contributed by atoms with Gasteiger partial charge in [0, 0.05) is 45.5 Å². The third-order valence-electron chi connectivity index (χ3n) is 4.38. The Kier molecular flexibility index (Phi) is 5.06. The first-order valence-electron chi connectivity index (χ1n) is 17.4. The number of carboxylic acid groups (broad SMARTS) is 1. The minimum atomic E-state index is -3.38. The molecule has 0 unspecified atom stereocenters. The van der Waals surface area contributed by atoms with E-state index < -0.39 is 125 Å². The van der Waals surface area contributed by atoms with Crippen molar-refractivity contribution in [2.24, 2.45) is 0 Å². The molecule has 1 heterocycles. The number of carboxylic acids is 1. The van der Waals surface area contributed by atoms with Crippen LogP contribution in [-0.2, 0) is 33.3 Å². The minimum Gasteiger partial charge on any atom is -0.478 e. The zero-order valence-electron chi connectivity index (χ0n) is 33.1. The number of nitrogen functional groups attached to an aromatic ring is 1. The van der Waals surface area contributed by atoms with Gasteiger partial charge < -0.3 is 34.5 Å². The Balaban J connectivity index is 2.64. The fourth-order valence-electron chi connectivity index (χ4n) is 2.97. The Morgan fingerprint density at radius 2 is 1.57 bits per heavy atom. The fourth-order valence-corrected chi connectivity index (χ4v) is 2.97. The summed E-state index contributed by atoms with van der Waals surface area (Å²) in [5, 5.41) is 9.64. The lowest BCUT2D eigenvalue weighted by Gasteiger charge is -2.40. The number of nitrogens with two attached hydrogens (primary N) is 1. The molecule has 1 aliphatic rings. The highest BCUT2D eigenvalue weighted by Gasteiger charge is 2.49. The van der Waals surface area contributed by atoms with Crippen LogP contribution in [-0.4, -0.2) is 60.2 Å². The second-order valence-corrected chi connectivity index (χ2v) is 6.88. The van der Waals surface area contributed by atoms with Gasteiger partial charge in [0.2, 0.25) is 12.4 Å². The van der Waals surface area contributed by atoms with E-state index in [1.165, 1.54) is 6.07 Å². The Labute approximate surface area is 224 Å². The number of carbonyl (C=O) groups is 4. The first-order valence-corrected chi connectivity index (χ1v) is 9.88. The fraction of sp³-hybridized carbons (Fsp3) is 0.583. The summed E-state index contributed by atoms with van der Waals surface area (Å²) in [4.78, 5) is 50.6. The van der Waals surface area contributed by atoms with Crippen LogP contribution in [0.2, 0.25) is 0 Å². The normalized spacial score (nSPS) is 30.2. The van der Waals surface area contributed by atoms with Crippen LogP contribution in [0.1, 0.15) is 89.9 Å². The monoisotopic (exact) mass is 510 g/mol. The van der Waals surface area contributed by atoms with Crippen LogP contribution in [0.15, 0.2) is 18.2 Å². The number of rotatable bonds is 12. The number of hydrogen-bond donors (Lipinski definition) is 2. The molecule has 2 rings (SSSR count). The van der Waals surface area contributed by atoms with E-state index in [4.69, 9.17) is 50.0 Å². The highest BCUT2D eigenvalue weighted by Crippen LogP contribution is 2.30. The van der Waals surface area contributed by atoms with Crippen molar-refractivity contribution < 1.29 is 68.5 Å². The van der Waals surface area contributed by atoms with E-state index in [1.807, 2.05) is 0 Å². The standard InChI is InChI=1S/C24H33NO10/c1-4-7-18(26)32-17-13-31-24(33-16-11-10-14(25)12-15(16)23(29)30)22(35-20(28)9-6-3)21(17)34-19(27)8-5-2/h10-12,17,21-22,24H,4-9,13,25H2,1-3H3,(H,29,30)/t17-,21+,22-,24+/m1/s1/i1D3,2D3,3D3,4D2,5D2,6D2. The molecular weight excluding hydrogens is 462 g/mol. The highest BCUT2D eigenvalue weighted by molar-refractivity contribution is 5.92. The predicted molar refractivity (Wildman–Crippen MR) is 123 cm³/mol. The summed E-state index contributed by atoms with van der Waals surface area (Å²) >= 11 is 0. The van der Waals surface area contributed by atoms with Crippen LogP contribution in [0.5, 0.6) is 5.75 Å². The van der Waals surface area contributed by atoms with Crippen LogP contribution >= 0.6 is 0 Å². The third-order valence-corrected chi connectivity index (χ3v) is 4.38. The summed E-state index contributed by atoms with van der Waals surface area (Å²) in [5.74, 6) is -7.00. The molecule has 0 aliphatic carbocycles. The maximum Gasteiger partial charge on any atom is 0.339 e. The summed E-state index contributed by atoms with van der Waals surface area (Å²) in [6, 6.07) is 3.15. The van der Waals surface area contributed by atoms with Gasteiger partial charge in [0.15, 0.2) is 12.2 Å². The van der Waals surface area contributed by atoms with E-state index in [-0.39, 0.29) is 5.69 Å². The molecule has 0 radical (unpaired) electrons. The average molecular weight is 511 g/mol. The third kappa shape index (κ3) is 8.13. The van der Waals surface area contributed by atoms with Crippen LogP contribution in [0.3, 0.4) is 0 Å². The van der Waals surface area contributed by atoms with Gasteiger partial charge in [-0.3, -0.25) is 14.4 Å². The number of aromatic carboxylic acids is 1. The van der Waals surface area contributed by atoms with Gasteiger partial charge in [-0.25, -0.2) is 4.79 Å². The van der Waals surface area contributed by atoms with Crippen LogP contribution < -0.4 is 10.5 Å². The first kappa shape index (κ1) is 13.1. The Morgan fingerprint density at radius 1 is 1.00 bits per heavy atom. The molecule has 0 saturated carbocycles. The van der Waals surface area contributed by atoms with Crippen molar-refractivity contribution in [1.82, 2.24) is 0 Å². The number of ether oxygens (including phenoxy) is 5. The predicted octanol–water partition coefficient (Wildman–Crippen LogP) is 2.84. The summed E-state index contributed by atoms with van der Waals surface area (Å²) in [6.45, 7) is -11.0. The van der Waals surface area contributed by atoms with Gasteiger partial charge in [0.1, 0.15) is 11.3 Å². The number of benzene rings is 1. The lowest BCUT2D eigenvalue weighted by molar-refractivity contribution is -0.261. The zero-order valence-corrected chi connectivity index (χ0v) is 18.1. The maximum absolute atomic E-state index is 13.0. The molecular formula is C24H33NO10. The van der Waals surface area contributed by atoms with E-state index in [0.717, 1.165) is 12.1 Å². The number of hydrogen-bond acceptors (Lipinski definition) is 10. The molecule has 194 valence electrons. The molecule has 1 saturated heterocycles. The molecule has 11 nitrogen and oxygen atoms in total. The number of carbonyl (C=O) groups excluding carboxylic acids is 3. The summed E-state index contributed by atoms with van der Waals surface area (Å²) in [6.07, 6.45) is -22.5. The van der Waals surface area contributed by atoms with Crippen molar-refractivity contribution in [3.05, 3.63) is 23.8 Å². The van der Waals surface area contributed by atoms with Gasteiger partial charge in [-0.15, -0.1) is 0 Å². The molecule has 0 amide bonds.